The van der Waals surface area contributed by atoms with Crippen molar-refractivity contribution in [2.24, 2.45) is 0 Å². The molecule has 1 N–H and O–H groups in total. The van der Waals surface area contributed by atoms with Gasteiger partial charge in [0, 0.05) is 11.6 Å². The van der Waals surface area contributed by atoms with Crippen LogP contribution in [0.2, 0.25) is 5.02 Å². The highest BCUT2D eigenvalue weighted by Gasteiger charge is 2.23. The Morgan fingerprint density at radius 2 is 2.17 bits per heavy atom. The van der Waals surface area contributed by atoms with Crippen molar-refractivity contribution in [1.29, 1.82) is 0 Å². The average molecular weight is 268 g/mol. The molecule has 0 bridgehead atoms. The number of ether oxygens (including phenoxy) is 1. The van der Waals surface area contributed by atoms with Crippen molar-refractivity contribution in [3.8, 4) is 5.75 Å². The van der Waals surface area contributed by atoms with Crippen LogP contribution in [0.4, 0.5) is 0 Å². The average Bonchev–Trinajstić information content (AvgIpc) is 3.11. The topological polar surface area (TPSA) is 55.4 Å². The molecule has 1 amide bonds. The van der Waals surface area contributed by atoms with Crippen LogP contribution >= 0.6 is 11.6 Å². The largest absolute Gasteiger partial charge is 0.482 e. The molecule has 1 aliphatic rings. The van der Waals surface area contributed by atoms with Gasteiger partial charge in [-0.15, -0.1) is 0 Å². The van der Waals surface area contributed by atoms with Gasteiger partial charge in [-0.05, 0) is 38.0 Å². The Balaban J connectivity index is 1.92. The fraction of sp³-hybridized carbons (Fsp3) is 0.385. The zero-order valence-corrected chi connectivity index (χ0v) is 10.8. The van der Waals surface area contributed by atoms with E-state index in [1.807, 2.05) is 0 Å². The Kier molecular flexibility index (Phi) is 3.87. The normalized spacial score (nSPS) is 14.1. The SMILES string of the molecule is CC(=O)c1ccc(OCC(=O)NC2CC2)c(Cl)c1. The van der Waals surface area contributed by atoms with Crippen molar-refractivity contribution in [3.63, 3.8) is 0 Å². The van der Waals surface area contributed by atoms with Gasteiger partial charge in [-0.3, -0.25) is 9.59 Å². The first-order valence-corrected chi connectivity index (χ1v) is 6.16. The van der Waals surface area contributed by atoms with E-state index < -0.39 is 0 Å². The molecule has 4 nitrogen and oxygen atoms in total. The van der Waals surface area contributed by atoms with Gasteiger partial charge in [-0.25, -0.2) is 0 Å². The number of amides is 1. The van der Waals surface area contributed by atoms with E-state index in [4.69, 9.17) is 16.3 Å². The zero-order chi connectivity index (χ0) is 13.1. The van der Waals surface area contributed by atoms with Gasteiger partial charge in [0.05, 0.1) is 5.02 Å². The van der Waals surface area contributed by atoms with E-state index >= 15 is 0 Å². The Morgan fingerprint density at radius 3 is 2.72 bits per heavy atom. The highest BCUT2D eigenvalue weighted by molar-refractivity contribution is 6.32. The van der Waals surface area contributed by atoms with E-state index in [-0.39, 0.29) is 18.3 Å². The number of carbonyl (C=O) groups excluding carboxylic acids is 2. The third kappa shape index (κ3) is 3.47. The number of rotatable bonds is 5. The molecule has 0 radical (unpaired) electrons. The first kappa shape index (κ1) is 12.9. The lowest BCUT2D eigenvalue weighted by Gasteiger charge is -2.08. The zero-order valence-electron chi connectivity index (χ0n) is 10.0. The second-order valence-electron chi connectivity index (χ2n) is 4.33. The molecule has 1 saturated carbocycles. The number of carbonyl (C=O) groups is 2. The summed E-state index contributed by atoms with van der Waals surface area (Å²) in [4.78, 5) is 22.6. The Labute approximate surface area is 110 Å². The second-order valence-corrected chi connectivity index (χ2v) is 4.74. The highest BCUT2D eigenvalue weighted by atomic mass is 35.5. The summed E-state index contributed by atoms with van der Waals surface area (Å²) < 4.78 is 5.31. The van der Waals surface area contributed by atoms with Crippen molar-refractivity contribution in [3.05, 3.63) is 28.8 Å². The second kappa shape index (κ2) is 5.40. The monoisotopic (exact) mass is 267 g/mol. The van der Waals surface area contributed by atoms with Crippen LogP contribution in [-0.2, 0) is 4.79 Å². The molecule has 1 aromatic carbocycles. The number of hydrogen-bond acceptors (Lipinski definition) is 3. The van der Waals surface area contributed by atoms with Crippen LogP contribution in [0.5, 0.6) is 5.75 Å². The molecule has 5 heteroatoms. The molecule has 0 spiro atoms. The van der Waals surface area contributed by atoms with Gasteiger partial charge in [0.25, 0.3) is 5.91 Å². The van der Waals surface area contributed by atoms with Gasteiger partial charge in [0.1, 0.15) is 5.75 Å². The third-order valence-corrected chi connectivity index (χ3v) is 2.94. The van der Waals surface area contributed by atoms with Crippen LogP contribution in [0.25, 0.3) is 0 Å². The standard InChI is InChI=1S/C13H14ClNO3/c1-8(16)9-2-5-12(11(14)6-9)18-7-13(17)15-10-3-4-10/h2,5-6,10H,3-4,7H2,1H3,(H,15,17). The Morgan fingerprint density at radius 1 is 1.44 bits per heavy atom. The predicted molar refractivity (Wildman–Crippen MR) is 68.1 cm³/mol. The van der Waals surface area contributed by atoms with Crippen LogP contribution in [0.15, 0.2) is 18.2 Å². The lowest BCUT2D eigenvalue weighted by molar-refractivity contribution is -0.123. The molecule has 18 heavy (non-hydrogen) atoms. The van der Waals surface area contributed by atoms with Gasteiger partial charge >= 0.3 is 0 Å². The molecule has 0 aromatic heterocycles. The minimum atomic E-state index is -0.149. The molecule has 0 saturated heterocycles. The molecular formula is C13H14ClNO3. The van der Waals surface area contributed by atoms with Gasteiger partial charge in [-0.1, -0.05) is 11.6 Å². The van der Waals surface area contributed by atoms with Crippen molar-refractivity contribution in [2.75, 3.05) is 6.61 Å². The maximum atomic E-state index is 11.4. The van der Waals surface area contributed by atoms with Crippen molar-refractivity contribution >= 4 is 23.3 Å². The van der Waals surface area contributed by atoms with E-state index in [0.29, 0.717) is 22.4 Å². The maximum Gasteiger partial charge on any atom is 0.258 e. The van der Waals surface area contributed by atoms with Crippen molar-refractivity contribution in [1.82, 2.24) is 5.32 Å². The predicted octanol–water partition coefficient (Wildman–Crippen LogP) is 2.20. The summed E-state index contributed by atoms with van der Waals surface area (Å²) in [6, 6.07) is 5.08. The van der Waals surface area contributed by atoms with Crippen molar-refractivity contribution < 1.29 is 14.3 Å². The number of hydrogen-bond donors (Lipinski definition) is 1. The summed E-state index contributed by atoms with van der Waals surface area (Å²) in [6.45, 7) is 1.41. The molecule has 1 aliphatic carbocycles. The fourth-order valence-electron chi connectivity index (χ4n) is 1.48. The molecule has 2 rings (SSSR count). The van der Waals surface area contributed by atoms with E-state index in [0.717, 1.165) is 12.8 Å². The number of halogens is 1. The van der Waals surface area contributed by atoms with Crippen LogP contribution < -0.4 is 10.1 Å². The van der Waals surface area contributed by atoms with E-state index in [1.165, 1.54) is 13.0 Å². The quantitative estimate of drug-likeness (QED) is 0.832. The molecule has 1 fully saturated rings. The van der Waals surface area contributed by atoms with Gasteiger partial charge in [0.2, 0.25) is 0 Å². The molecule has 96 valence electrons. The van der Waals surface area contributed by atoms with Gasteiger partial charge in [0.15, 0.2) is 12.4 Å². The lowest BCUT2D eigenvalue weighted by Crippen LogP contribution is -2.30. The summed E-state index contributed by atoms with van der Waals surface area (Å²) in [6.07, 6.45) is 2.08. The third-order valence-electron chi connectivity index (χ3n) is 2.64. The molecule has 0 heterocycles. The summed E-state index contributed by atoms with van der Waals surface area (Å²) >= 11 is 5.97. The lowest BCUT2D eigenvalue weighted by atomic mass is 10.1. The van der Waals surface area contributed by atoms with Crippen LogP contribution in [0.1, 0.15) is 30.1 Å². The van der Waals surface area contributed by atoms with Crippen LogP contribution in [0.3, 0.4) is 0 Å². The Bertz CT molecular complexity index is 483. The smallest absolute Gasteiger partial charge is 0.258 e. The fourth-order valence-corrected chi connectivity index (χ4v) is 1.71. The molecule has 0 unspecified atom stereocenters. The number of nitrogens with one attached hydrogen (secondary N) is 1. The summed E-state index contributed by atoms with van der Waals surface area (Å²) in [5.74, 6) is 0.201. The van der Waals surface area contributed by atoms with Crippen molar-refractivity contribution in [2.45, 2.75) is 25.8 Å². The Hall–Kier alpha value is -1.55. The van der Waals surface area contributed by atoms with Crippen LogP contribution in [-0.4, -0.2) is 24.3 Å². The first-order valence-electron chi connectivity index (χ1n) is 5.79. The number of Topliss-reactive ketones (excluding diaryl/α,β-unsaturated/α-hetero) is 1. The summed E-state index contributed by atoms with van der Waals surface area (Å²) in [7, 11) is 0. The first-order chi connectivity index (χ1) is 8.56. The summed E-state index contributed by atoms with van der Waals surface area (Å²) in [5, 5.41) is 3.15. The van der Waals surface area contributed by atoms with Gasteiger partial charge < -0.3 is 10.1 Å². The highest BCUT2D eigenvalue weighted by Crippen LogP contribution is 2.25. The van der Waals surface area contributed by atoms with E-state index in [1.54, 1.807) is 12.1 Å². The molecule has 1 aromatic rings. The molecular weight excluding hydrogens is 254 g/mol. The van der Waals surface area contributed by atoms with E-state index in [9.17, 15) is 9.59 Å². The van der Waals surface area contributed by atoms with E-state index in [2.05, 4.69) is 5.32 Å². The van der Waals surface area contributed by atoms with Gasteiger partial charge in [-0.2, -0.15) is 0 Å². The minimum absolute atomic E-state index is 0.0599. The summed E-state index contributed by atoms with van der Waals surface area (Å²) in [5.41, 5.74) is 0.523. The number of benzene rings is 1. The maximum absolute atomic E-state index is 11.4. The molecule has 0 aliphatic heterocycles. The molecule has 0 atom stereocenters. The minimum Gasteiger partial charge on any atom is -0.482 e. The van der Waals surface area contributed by atoms with Crippen LogP contribution in [0, 0.1) is 0 Å². The number of ketones is 1.